The van der Waals surface area contributed by atoms with Crippen molar-refractivity contribution in [2.24, 2.45) is 5.92 Å². The van der Waals surface area contributed by atoms with Gasteiger partial charge in [0, 0.05) is 19.6 Å². The van der Waals surface area contributed by atoms with E-state index in [0.29, 0.717) is 6.42 Å². The maximum absolute atomic E-state index is 13.0. The van der Waals surface area contributed by atoms with Crippen LogP contribution in [0.1, 0.15) is 18.9 Å². The third kappa shape index (κ3) is 3.86. The Labute approximate surface area is 148 Å². The maximum atomic E-state index is 13.0. The van der Waals surface area contributed by atoms with Gasteiger partial charge in [-0.15, -0.1) is 0 Å². The number of hydrogen-bond donors (Lipinski definition) is 2. The lowest BCUT2D eigenvalue weighted by atomic mass is 9.96. The van der Waals surface area contributed by atoms with Crippen molar-refractivity contribution in [3.63, 3.8) is 0 Å². The predicted octanol–water partition coefficient (Wildman–Crippen LogP) is 1.62. The van der Waals surface area contributed by atoms with E-state index in [1.54, 1.807) is 12.1 Å². The number of nitrogens with one attached hydrogen (secondary N) is 1. The van der Waals surface area contributed by atoms with Crippen LogP contribution in [-0.4, -0.2) is 49.8 Å². The molecule has 1 aliphatic rings. The minimum Gasteiger partial charge on any atom is -0.396 e. The van der Waals surface area contributed by atoms with Gasteiger partial charge in [-0.25, -0.2) is 17.5 Å². The molecule has 0 spiro atoms. The van der Waals surface area contributed by atoms with Gasteiger partial charge in [0.2, 0.25) is 0 Å². The Morgan fingerprint density at radius 1 is 1.36 bits per heavy atom. The average molecular weight is 368 g/mol. The van der Waals surface area contributed by atoms with Gasteiger partial charge < -0.3 is 15.2 Å². The lowest BCUT2D eigenvalue weighted by molar-refractivity contribution is 0.0321. The molecule has 0 aromatic heterocycles. The molecular formula is C17H24N2O5S. The van der Waals surface area contributed by atoms with E-state index in [4.69, 9.17) is 4.74 Å². The molecular weight excluding hydrogens is 344 g/mol. The molecule has 1 aromatic carbocycles. The number of methoxy groups -OCH3 is 1. The number of aliphatic hydroxyl groups is 1. The number of urea groups is 1. The van der Waals surface area contributed by atoms with Gasteiger partial charge in [-0.3, -0.25) is 0 Å². The minimum atomic E-state index is -4.07. The molecule has 2 rings (SSSR count). The van der Waals surface area contributed by atoms with E-state index < -0.39 is 34.2 Å². The quantitative estimate of drug-likeness (QED) is 0.713. The van der Waals surface area contributed by atoms with E-state index >= 15 is 0 Å². The third-order valence-corrected chi connectivity index (χ3v) is 6.07. The van der Waals surface area contributed by atoms with Crippen molar-refractivity contribution >= 4 is 16.1 Å². The summed E-state index contributed by atoms with van der Waals surface area (Å²) in [7, 11) is -2.68. The van der Waals surface area contributed by atoms with Gasteiger partial charge in [0.15, 0.2) is 6.23 Å². The summed E-state index contributed by atoms with van der Waals surface area (Å²) in [4.78, 5) is 12.4. The number of amides is 2. The van der Waals surface area contributed by atoms with E-state index in [2.05, 4.69) is 5.32 Å². The molecule has 1 aliphatic heterocycles. The average Bonchev–Trinajstić information content (AvgIpc) is 2.93. The Morgan fingerprint density at radius 3 is 2.52 bits per heavy atom. The highest BCUT2D eigenvalue weighted by Gasteiger charge is 2.49. The Hall–Kier alpha value is -1.90. The van der Waals surface area contributed by atoms with Crippen molar-refractivity contribution in [2.45, 2.75) is 37.4 Å². The highest BCUT2D eigenvalue weighted by molar-refractivity contribution is 7.89. The van der Waals surface area contributed by atoms with Crippen molar-refractivity contribution in [1.82, 2.24) is 9.62 Å². The Kier molecular flexibility index (Phi) is 6.21. The highest BCUT2D eigenvalue weighted by Crippen LogP contribution is 2.30. The summed E-state index contributed by atoms with van der Waals surface area (Å²) in [6.45, 7) is 3.41. The molecule has 2 amide bonds. The van der Waals surface area contributed by atoms with E-state index in [0.717, 1.165) is 9.87 Å². The van der Waals surface area contributed by atoms with Crippen LogP contribution in [0, 0.1) is 12.8 Å². The van der Waals surface area contributed by atoms with E-state index in [1.165, 1.54) is 19.2 Å². The SMILES string of the molecule is C/C=C/CC(CO)[C@@H]1[C@@H](OC)NC(=O)N1S(=O)(=O)c1ccc(C)cc1. The molecule has 2 N–H and O–H groups in total. The largest absolute Gasteiger partial charge is 0.396 e. The van der Waals surface area contributed by atoms with Crippen LogP contribution in [0.2, 0.25) is 0 Å². The molecule has 1 fully saturated rings. The molecule has 1 heterocycles. The van der Waals surface area contributed by atoms with Gasteiger partial charge in [-0.1, -0.05) is 29.8 Å². The summed E-state index contributed by atoms with van der Waals surface area (Å²) in [5, 5.41) is 12.3. The number of allylic oxidation sites excluding steroid dienone is 2. The zero-order valence-electron chi connectivity index (χ0n) is 14.5. The van der Waals surface area contributed by atoms with Crippen molar-refractivity contribution in [3.05, 3.63) is 42.0 Å². The number of benzene rings is 1. The molecule has 1 aromatic rings. The summed E-state index contributed by atoms with van der Waals surface area (Å²) in [5.74, 6) is -0.486. The number of aryl methyl sites for hydroxylation is 1. The Balaban J connectivity index is 2.46. The summed E-state index contributed by atoms with van der Waals surface area (Å²) in [5.41, 5.74) is 0.914. The van der Waals surface area contributed by atoms with Crippen LogP contribution in [-0.2, 0) is 14.8 Å². The first-order valence-electron chi connectivity index (χ1n) is 8.03. The first-order chi connectivity index (χ1) is 11.9. The van der Waals surface area contributed by atoms with E-state index in [1.807, 2.05) is 26.0 Å². The minimum absolute atomic E-state index is 0.0257. The van der Waals surface area contributed by atoms with E-state index in [9.17, 15) is 18.3 Å². The van der Waals surface area contributed by atoms with E-state index in [-0.39, 0.29) is 11.5 Å². The first-order valence-corrected chi connectivity index (χ1v) is 9.47. The second-order valence-electron chi connectivity index (χ2n) is 5.96. The van der Waals surface area contributed by atoms with Gasteiger partial charge in [-0.2, -0.15) is 0 Å². The number of carbonyl (C=O) groups excluding carboxylic acids is 1. The standard InChI is InChI=1S/C17H24N2O5S/c1-4-5-6-13(11-20)15-16(24-3)18-17(21)19(15)25(22,23)14-9-7-12(2)8-10-14/h4-5,7-10,13,15-16,20H,6,11H2,1-3H3,(H,18,21)/b5-4+/t13?,15-,16-/m1/s1. The van der Waals surface area contributed by atoms with Crippen molar-refractivity contribution in [1.29, 1.82) is 0 Å². The third-order valence-electron chi connectivity index (χ3n) is 4.27. The molecule has 1 saturated heterocycles. The fourth-order valence-corrected chi connectivity index (χ4v) is 4.47. The summed E-state index contributed by atoms with van der Waals surface area (Å²) >= 11 is 0. The van der Waals surface area contributed by atoms with Crippen LogP contribution in [0.15, 0.2) is 41.3 Å². The second-order valence-corrected chi connectivity index (χ2v) is 7.77. The summed E-state index contributed by atoms with van der Waals surface area (Å²) < 4.78 is 32.1. The van der Waals surface area contributed by atoms with Gasteiger partial charge in [0.25, 0.3) is 10.0 Å². The van der Waals surface area contributed by atoms with Crippen molar-refractivity contribution in [3.8, 4) is 0 Å². The summed E-state index contributed by atoms with van der Waals surface area (Å²) in [6.07, 6.45) is 3.24. The molecule has 25 heavy (non-hydrogen) atoms. The molecule has 3 atom stereocenters. The molecule has 138 valence electrons. The Morgan fingerprint density at radius 2 is 2.00 bits per heavy atom. The van der Waals surface area contributed by atoms with Crippen molar-refractivity contribution < 1.29 is 23.1 Å². The lowest BCUT2D eigenvalue weighted by Gasteiger charge is -2.30. The highest BCUT2D eigenvalue weighted by atomic mass is 32.2. The fraction of sp³-hybridized carbons (Fsp3) is 0.471. The van der Waals surface area contributed by atoms with Crippen molar-refractivity contribution in [2.75, 3.05) is 13.7 Å². The normalized spacial score (nSPS) is 22.4. The second kappa shape index (κ2) is 7.99. The van der Waals surface area contributed by atoms with Crippen LogP contribution < -0.4 is 5.32 Å². The van der Waals surface area contributed by atoms with Crippen LogP contribution in [0.4, 0.5) is 4.79 Å². The monoisotopic (exact) mass is 368 g/mol. The molecule has 8 heteroatoms. The molecule has 0 aliphatic carbocycles. The van der Waals surface area contributed by atoms with Gasteiger partial charge in [-0.05, 0) is 32.4 Å². The van der Waals surface area contributed by atoms with Crippen LogP contribution in [0.3, 0.4) is 0 Å². The number of sulfonamides is 1. The zero-order chi connectivity index (χ0) is 18.6. The molecule has 0 radical (unpaired) electrons. The van der Waals surface area contributed by atoms with Crippen LogP contribution in [0.25, 0.3) is 0 Å². The zero-order valence-corrected chi connectivity index (χ0v) is 15.4. The smallest absolute Gasteiger partial charge is 0.333 e. The van der Waals surface area contributed by atoms with Gasteiger partial charge >= 0.3 is 6.03 Å². The number of rotatable bonds is 7. The van der Waals surface area contributed by atoms with Crippen LogP contribution >= 0.6 is 0 Å². The number of carbonyl (C=O) groups is 1. The summed E-state index contributed by atoms with van der Waals surface area (Å²) in [6, 6.07) is 4.69. The van der Waals surface area contributed by atoms with Gasteiger partial charge in [0.1, 0.15) is 6.04 Å². The Bertz CT molecular complexity index is 730. The number of aliphatic hydroxyl groups excluding tert-OH is 1. The number of nitrogens with zero attached hydrogens (tertiary/aromatic N) is 1. The molecule has 0 saturated carbocycles. The number of hydrogen-bond acceptors (Lipinski definition) is 5. The first kappa shape index (κ1) is 19.4. The fourth-order valence-electron chi connectivity index (χ4n) is 2.89. The molecule has 7 nitrogen and oxygen atoms in total. The van der Waals surface area contributed by atoms with Gasteiger partial charge in [0.05, 0.1) is 4.90 Å². The predicted molar refractivity (Wildman–Crippen MR) is 93.3 cm³/mol. The maximum Gasteiger partial charge on any atom is 0.333 e. The number of ether oxygens (including phenoxy) is 1. The topological polar surface area (TPSA) is 95.9 Å². The lowest BCUT2D eigenvalue weighted by Crippen LogP contribution is -2.47. The molecule has 1 unspecified atom stereocenters. The molecule has 0 bridgehead atoms. The van der Waals surface area contributed by atoms with Crippen LogP contribution in [0.5, 0.6) is 0 Å².